The maximum atomic E-state index is 11.4. The minimum absolute atomic E-state index is 0.0841. The third-order valence-electron chi connectivity index (χ3n) is 1.99. The van der Waals surface area contributed by atoms with Crippen LogP contribution in [0.5, 0.6) is 0 Å². The van der Waals surface area contributed by atoms with Gasteiger partial charge in [0.25, 0.3) is 0 Å². The molecule has 17 heavy (non-hydrogen) atoms. The van der Waals surface area contributed by atoms with Gasteiger partial charge >= 0.3 is 12.0 Å². The lowest BCUT2D eigenvalue weighted by Crippen LogP contribution is -2.45. The summed E-state index contributed by atoms with van der Waals surface area (Å²) in [6, 6.07) is -1.46. The van der Waals surface area contributed by atoms with E-state index in [-0.39, 0.29) is 6.54 Å². The normalized spacial score (nSPS) is 11.8. The van der Waals surface area contributed by atoms with Gasteiger partial charge in [-0.1, -0.05) is 18.5 Å². The molecule has 1 rings (SSSR count). The molecule has 0 aliphatic heterocycles. The van der Waals surface area contributed by atoms with E-state index in [0.29, 0.717) is 18.7 Å². The second-order valence-electron chi connectivity index (χ2n) is 3.35. The molecule has 0 bridgehead atoms. The Hall–Kier alpha value is -2.12. The Bertz CT molecular complexity index is 365. The zero-order valence-corrected chi connectivity index (χ0v) is 9.34. The average Bonchev–Trinajstić information content (AvgIpc) is 2.78. The van der Waals surface area contributed by atoms with E-state index in [9.17, 15) is 9.59 Å². The molecule has 8 heteroatoms. The minimum Gasteiger partial charge on any atom is -0.480 e. The first-order valence-corrected chi connectivity index (χ1v) is 5.16. The number of hydrogen-bond donors (Lipinski definition) is 3. The number of rotatable bonds is 6. The summed E-state index contributed by atoms with van der Waals surface area (Å²) >= 11 is 0. The van der Waals surface area contributed by atoms with Crippen LogP contribution in [0.3, 0.4) is 0 Å². The summed E-state index contributed by atoms with van der Waals surface area (Å²) in [4.78, 5) is 25.8. The second kappa shape index (κ2) is 6.46. The smallest absolute Gasteiger partial charge is 0.326 e. The van der Waals surface area contributed by atoms with Gasteiger partial charge in [-0.2, -0.15) is 4.98 Å². The van der Waals surface area contributed by atoms with Crippen LogP contribution in [0.4, 0.5) is 4.79 Å². The number of urea groups is 1. The number of carboxylic acid groups (broad SMARTS) is 1. The lowest BCUT2D eigenvalue weighted by atomic mass is 10.2. The Balaban J connectivity index is 2.34. The zero-order valence-electron chi connectivity index (χ0n) is 9.34. The summed E-state index contributed by atoms with van der Waals surface area (Å²) in [7, 11) is 0. The second-order valence-corrected chi connectivity index (χ2v) is 3.35. The van der Waals surface area contributed by atoms with E-state index in [4.69, 9.17) is 5.11 Å². The molecule has 1 aromatic rings. The fraction of sp³-hybridized carbons (Fsp3) is 0.556. The van der Waals surface area contributed by atoms with E-state index in [1.54, 1.807) is 0 Å². The van der Waals surface area contributed by atoms with Crippen molar-refractivity contribution in [3.63, 3.8) is 0 Å². The predicted molar refractivity (Wildman–Crippen MR) is 56.0 cm³/mol. The van der Waals surface area contributed by atoms with Gasteiger partial charge in [0.2, 0.25) is 6.39 Å². The van der Waals surface area contributed by atoms with Crippen molar-refractivity contribution >= 4 is 12.0 Å². The van der Waals surface area contributed by atoms with Crippen LogP contribution in [-0.4, -0.2) is 33.3 Å². The third-order valence-corrected chi connectivity index (χ3v) is 1.99. The number of carbonyl (C=O) groups excluding carboxylic acids is 1. The van der Waals surface area contributed by atoms with E-state index in [2.05, 4.69) is 25.3 Å². The topological polar surface area (TPSA) is 117 Å². The highest BCUT2D eigenvalue weighted by Gasteiger charge is 2.18. The van der Waals surface area contributed by atoms with Crippen molar-refractivity contribution in [2.75, 3.05) is 0 Å². The van der Waals surface area contributed by atoms with Crippen molar-refractivity contribution in [1.29, 1.82) is 0 Å². The lowest BCUT2D eigenvalue weighted by Gasteiger charge is -2.13. The van der Waals surface area contributed by atoms with Crippen molar-refractivity contribution in [1.82, 2.24) is 20.8 Å². The van der Waals surface area contributed by atoms with E-state index >= 15 is 0 Å². The van der Waals surface area contributed by atoms with Crippen molar-refractivity contribution < 1.29 is 19.2 Å². The SMILES string of the molecule is CCC[C@H](NC(=O)NCc1ncon1)C(=O)O. The monoisotopic (exact) mass is 242 g/mol. The first-order chi connectivity index (χ1) is 8.13. The molecule has 1 aromatic heterocycles. The number of hydrogen-bond acceptors (Lipinski definition) is 5. The van der Waals surface area contributed by atoms with Crippen LogP contribution in [0.2, 0.25) is 0 Å². The first kappa shape index (κ1) is 12.9. The van der Waals surface area contributed by atoms with Crippen LogP contribution < -0.4 is 10.6 Å². The van der Waals surface area contributed by atoms with Crippen LogP contribution in [0.25, 0.3) is 0 Å². The summed E-state index contributed by atoms with van der Waals surface area (Å²) in [5, 5.41) is 17.1. The largest absolute Gasteiger partial charge is 0.480 e. The highest BCUT2D eigenvalue weighted by molar-refractivity contribution is 5.82. The summed E-state index contributed by atoms with van der Waals surface area (Å²) in [5.41, 5.74) is 0. The Morgan fingerprint density at radius 2 is 2.35 bits per heavy atom. The number of nitrogens with zero attached hydrogens (tertiary/aromatic N) is 2. The molecule has 0 aliphatic carbocycles. The first-order valence-electron chi connectivity index (χ1n) is 5.16. The number of carboxylic acids is 1. The van der Waals surface area contributed by atoms with Gasteiger partial charge < -0.3 is 20.3 Å². The Morgan fingerprint density at radius 3 is 2.88 bits per heavy atom. The van der Waals surface area contributed by atoms with Gasteiger partial charge in [0.1, 0.15) is 6.04 Å². The molecule has 0 radical (unpaired) electrons. The molecular formula is C9H14N4O4. The molecule has 1 heterocycles. The van der Waals surface area contributed by atoms with Crippen LogP contribution in [0.15, 0.2) is 10.9 Å². The zero-order chi connectivity index (χ0) is 12.7. The van der Waals surface area contributed by atoms with Gasteiger partial charge in [0.05, 0.1) is 6.54 Å². The van der Waals surface area contributed by atoms with Gasteiger partial charge in [-0.05, 0) is 6.42 Å². The molecule has 94 valence electrons. The van der Waals surface area contributed by atoms with Crippen molar-refractivity contribution in [2.45, 2.75) is 32.4 Å². The summed E-state index contributed by atoms with van der Waals surface area (Å²) in [5.74, 6) is -0.732. The lowest BCUT2D eigenvalue weighted by molar-refractivity contribution is -0.139. The third kappa shape index (κ3) is 4.49. The van der Waals surface area contributed by atoms with Gasteiger partial charge in [0.15, 0.2) is 5.82 Å². The molecule has 0 unspecified atom stereocenters. The maximum Gasteiger partial charge on any atom is 0.326 e. The standard InChI is InChI=1S/C9H14N4O4/c1-2-3-6(8(14)15)12-9(16)10-4-7-11-5-17-13-7/h5-6H,2-4H2,1H3,(H,14,15)(H2,10,12,16)/t6-/m0/s1. The Morgan fingerprint density at radius 1 is 1.59 bits per heavy atom. The number of aliphatic carboxylic acids is 1. The van der Waals surface area contributed by atoms with Gasteiger partial charge in [-0.3, -0.25) is 0 Å². The van der Waals surface area contributed by atoms with E-state index in [1.165, 1.54) is 0 Å². The number of carbonyl (C=O) groups is 2. The fourth-order valence-corrected chi connectivity index (χ4v) is 1.18. The average molecular weight is 242 g/mol. The molecule has 2 amide bonds. The van der Waals surface area contributed by atoms with Crippen LogP contribution in [0, 0.1) is 0 Å². The predicted octanol–water partition coefficient (Wildman–Crippen LogP) is 0.122. The summed E-state index contributed by atoms with van der Waals surface area (Å²) < 4.78 is 4.48. The Labute approximate surface area is 97.4 Å². The Kier molecular flexibility index (Phi) is 4.92. The van der Waals surface area contributed by atoms with E-state index in [1.807, 2.05) is 6.92 Å². The molecular weight excluding hydrogens is 228 g/mol. The summed E-state index contributed by atoms with van der Waals surface area (Å²) in [6.45, 7) is 1.93. The van der Waals surface area contributed by atoms with Gasteiger partial charge in [-0.15, -0.1) is 0 Å². The molecule has 0 aliphatic rings. The molecule has 3 N–H and O–H groups in total. The van der Waals surface area contributed by atoms with Gasteiger partial charge in [0, 0.05) is 0 Å². The van der Waals surface area contributed by atoms with Crippen molar-refractivity contribution in [2.24, 2.45) is 0 Å². The van der Waals surface area contributed by atoms with Crippen LogP contribution in [0.1, 0.15) is 25.6 Å². The van der Waals surface area contributed by atoms with E-state index < -0.39 is 18.0 Å². The highest BCUT2D eigenvalue weighted by atomic mass is 16.5. The highest BCUT2D eigenvalue weighted by Crippen LogP contribution is 1.96. The van der Waals surface area contributed by atoms with Crippen molar-refractivity contribution in [3.05, 3.63) is 12.2 Å². The van der Waals surface area contributed by atoms with Crippen molar-refractivity contribution in [3.8, 4) is 0 Å². The molecule has 0 aromatic carbocycles. The van der Waals surface area contributed by atoms with E-state index in [0.717, 1.165) is 6.39 Å². The molecule has 1 atom stereocenters. The molecule has 0 saturated heterocycles. The molecule has 8 nitrogen and oxygen atoms in total. The fourth-order valence-electron chi connectivity index (χ4n) is 1.18. The molecule has 0 fully saturated rings. The molecule has 0 spiro atoms. The molecule has 0 saturated carbocycles. The maximum absolute atomic E-state index is 11.4. The summed E-state index contributed by atoms with van der Waals surface area (Å²) in [6.07, 6.45) is 2.19. The minimum atomic E-state index is -1.05. The van der Waals surface area contributed by atoms with Gasteiger partial charge in [-0.25, -0.2) is 9.59 Å². The quantitative estimate of drug-likeness (QED) is 0.652. The van der Waals surface area contributed by atoms with Crippen LogP contribution >= 0.6 is 0 Å². The number of nitrogens with one attached hydrogen (secondary N) is 2. The number of amides is 2. The van der Waals surface area contributed by atoms with Crippen LogP contribution in [-0.2, 0) is 11.3 Å². The number of aromatic nitrogens is 2.